The standard InChI is InChI=1S/C14H16ClN3O4/c15-11-2-1-10(7-17-11)14(21)22-8-12(19)18-5-3-9(4-6-18)13(16)20/h1-2,7,9H,3-6,8H2,(H2,16,20). The molecule has 2 N–H and O–H groups in total. The molecule has 8 heteroatoms. The van der Waals surface area contributed by atoms with Gasteiger partial charge in [-0.3, -0.25) is 9.59 Å². The molecule has 118 valence electrons. The van der Waals surface area contributed by atoms with Crippen LogP contribution in [0.25, 0.3) is 0 Å². The van der Waals surface area contributed by atoms with Crippen LogP contribution in [0.1, 0.15) is 23.2 Å². The summed E-state index contributed by atoms with van der Waals surface area (Å²) in [6, 6.07) is 2.94. The second-order valence-corrected chi connectivity index (χ2v) is 5.39. The summed E-state index contributed by atoms with van der Waals surface area (Å²) in [4.78, 5) is 40.1. The van der Waals surface area contributed by atoms with Gasteiger partial charge in [-0.15, -0.1) is 0 Å². The number of piperidine rings is 1. The van der Waals surface area contributed by atoms with Crippen molar-refractivity contribution in [3.05, 3.63) is 29.0 Å². The maximum Gasteiger partial charge on any atom is 0.340 e. The van der Waals surface area contributed by atoms with Crippen LogP contribution in [0.5, 0.6) is 0 Å². The highest BCUT2D eigenvalue weighted by molar-refractivity contribution is 6.29. The molecule has 1 aliphatic heterocycles. The lowest BCUT2D eigenvalue weighted by Gasteiger charge is -2.30. The first-order valence-electron chi connectivity index (χ1n) is 6.83. The Labute approximate surface area is 132 Å². The van der Waals surface area contributed by atoms with Gasteiger partial charge >= 0.3 is 5.97 Å². The molecule has 0 atom stereocenters. The quantitative estimate of drug-likeness (QED) is 0.645. The summed E-state index contributed by atoms with van der Waals surface area (Å²) in [7, 11) is 0. The Balaban J connectivity index is 1.79. The highest BCUT2D eigenvalue weighted by atomic mass is 35.5. The molecule has 1 aliphatic rings. The van der Waals surface area contributed by atoms with E-state index in [-0.39, 0.29) is 35.1 Å². The summed E-state index contributed by atoms with van der Waals surface area (Å²) in [6.07, 6.45) is 2.36. The summed E-state index contributed by atoms with van der Waals surface area (Å²) >= 11 is 5.62. The number of ether oxygens (including phenoxy) is 1. The van der Waals surface area contributed by atoms with Crippen molar-refractivity contribution < 1.29 is 19.1 Å². The molecule has 0 saturated carbocycles. The summed E-state index contributed by atoms with van der Waals surface area (Å²) in [5.41, 5.74) is 5.46. The van der Waals surface area contributed by atoms with Crippen LogP contribution in [-0.4, -0.2) is 47.4 Å². The van der Waals surface area contributed by atoms with Gasteiger partial charge in [0.1, 0.15) is 5.15 Å². The maximum atomic E-state index is 12.0. The lowest BCUT2D eigenvalue weighted by Crippen LogP contribution is -2.43. The lowest BCUT2D eigenvalue weighted by atomic mass is 9.96. The molecule has 2 heterocycles. The molecule has 0 aromatic carbocycles. The SMILES string of the molecule is NC(=O)C1CCN(C(=O)COC(=O)c2ccc(Cl)nc2)CC1. The molecular formula is C14H16ClN3O4. The first-order chi connectivity index (χ1) is 10.5. The second kappa shape index (κ2) is 7.22. The van der Waals surface area contributed by atoms with E-state index in [4.69, 9.17) is 22.1 Å². The number of amides is 2. The average Bonchev–Trinajstić information content (AvgIpc) is 2.53. The van der Waals surface area contributed by atoms with E-state index >= 15 is 0 Å². The number of likely N-dealkylation sites (tertiary alicyclic amines) is 1. The van der Waals surface area contributed by atoms with Crippen molar-refractivity contribution in [2.45, 2.75) is 12.8 Å². The highest BCUT2D eigenvalue weighted by Gasteiger charge is 2.26. The van der Waals surface area contributed by atoms with Crippen LogP contribution in [0, 0.1) is 5.92 Å². The van der Waals surface area contributed by atoms with E-state index in [1.165, 1.54) is 18.3 Å². The van der Waals surface area contributed by atoms with Gasteiger partial charge in [-0.1, -0.05) is 11.6 Å². The normalized spacial score (nSPS) is 15.4. The molecule has 0 radical (unpaired) electrons. The number of hydrogen-bond donors (Lipinski definition) is 1. The number of esters is 1. The topological polar surface area (TPSA) is 103 Å². The van der Waals surface area contributed by atoms with Crippen molar-refractivity contribution in [1.82, 2.24) is 9.88 Å². The van der Waals surface area contributed by atoms with Gasteiger partial charge in [0, 0.05) is 25.2 Å². The van der Waals surface area contributed by atoms with Gasteiger partial charge in [0.25, 0.3) is 5.91 Å². The number of aromatic nitrogens is 1. The average molecular weight is 326 g/mol. The first-order valence-corrected chi connectivity index (χ1v) is 7.21. The maximum absolute atomic E-state index is 12.0. The van der Waals surface area contributed by atoms with E-state index in [0.717, 1.165) is 0 Å². The number of nitrogens with zero attached hydrogens (tertiary/aromatic N) is 2. The van der Waals surface area contributed by atoms with Crippen LogP contribution in [0.3, 0.4) is 0 Å². The Morgan fingerprint density at radius 3 is 2.55 bits per heavy atom. The van der Waals surface area contributed by atoms with Crippen LogP contribution < -0.4 is 5.73 Å². The number of carbonyl (C=O) groups excluding carboxylic acids is 3. The molecule has 1 fully saturated rings. The van der Waals surface area contributed by atoms with Gasteiger partial charge in [-0.05, 0) is 25.0 Å². The van der Waals surface area contributed by atoms with E-state index in [2.05, 4.69) is 4.98 Å². The Morgan fingerprint density at radius 2 is 2.00 bits per heavy atom. The Hall–Kier alpha value is -2.15. The smallest absolute Gasteiger partial charge is 0.340 e. The number of nitrogens with two attached hydrogens (primary N) is 1. The van der Waals surface area contributed by atoms with Crippen molar-refractivity contribution >= 4 is 29.4 Å². The fourth-order valence-corrected chi connectivity index (χ4v) is 2.32. The molecule has 1 aromatic heterocycles. The molecule has 0 spiro atoms. The van der Waals surface area contributed by atoms with E-state index in [1.807, 2.05) is 0 Å². The zero-order valence-corrected chi connectivity index (χ0v) is 12.6. The summed E-state index contributed by atoms with van der Waals surface area (Å²) in [5.74, 6) is -1.46. The van der Waals surface area contributed by atoms with Crippen LogP contribution in [0.15, 0.2) is 18.3 Å². The minimum atomic E-state index is -0.635. The van der Waals surface area contributed by atoms with E-state index < -0.39 is 5.97 Å². The van der Waals surface area contributed by atoms with Crippen molar-refractivity contribution in [3.8, 4) is 0 Å². The fourth-order valence-electron chi connectivity index (χ4n) is 2.21. The Bertz CT molecular complexity index is 568. The van der Waals surface area contributed by atoms with Gasteiger partial charge in [-0.25, -0.2) is 9.78 Å². The van der Waals surface area contributed by atoms with E-state index in [9.17, 15) is 14.4 Å². The van der Waals surface area contributed by atoms with Crippen LogP contribution >= 0.6 is 11.6 Å². The zero-order valence-electron chi connectivity index (χ0n) is 11.8. The highest BCUT2D eigenvalue weighted by Crippen LogP contribution is 2.16. The van der Waals surface area contributed by atoms with Crippen molar-refractivity contribution in [2.75, 3.05) is 19.7 Å². The van der Waals surface area contributed by atoms with Gasteiger partial charge in [-0.2, -0.15) is 0 Å². The zero-order chi connectivity index (χ0) is 16.1. The number of hydrogen-bond acceptors (Lipinski definition) is 5. The summed E-state index contributed by atoms with van der Waals surface area (Å²) < 4.78 is 4.95. The monoisotopic (exact) mass is 325 g/mol. The molecule has 7 nitrogen and oxygen atoms in total. The van der Waals surface area contributed by atoms with Gasteiger partial charge in [0.15, 0.2) is 6.61 Å². The predicted molar refractivity (Wildman–Crippen MR) is 78.0 cm³/mol. The molecule has 2 amide bonds. The molecule has 0 bridgehead atoms. The van der Waals surface area contributed by atoms with Crippen LogP contribution in [0.4, 0.5) is 0 Å². The van der Waals surface area contributed by atoms with E-state index in [1.54, 1.807) is 4.90 Å². The molecule has 1 saturated heterocycles. The third-order valence-corrected chi connectivity index (χ3v) is 3.76. The number of halogens is 1. The van der Waals surface area contributed by atoms with Crippen molar-refractivity contribution in [3.63, 3.8) is 0 Å². The third kappa shape index (κ3) is 4.17. The summed E-state index contributed by atoms with van der Waals surface area (Å²) in [6.45, 7) is 0.529. The predicted octanol–water partition coefficient (Wildman–Crippen LogP) is 0.616. The molecule has 0 unspecified atom stereocenters. The molecule has 0 aliphatic carbocycles. The molecule has 1 aromatic rings. The second-order valence-electron chi connectivity index (χ2n) is 5.00. The van der Waals surface area contributed by atoms with Crippen molar-refractivity contribution in [1.29, 1.82) is 0 Å². The minimum absolute atomic E-state index is 0.188. The number of carbonyl (C=O) groups is 3. The molecule has 2 rings (SSSR count). The first kappa shape index (κ1) is 16.2. The van der Waals surface area contributed by atoms with Gasteiger partial charge in [0.2, 0.25) is 5.91 Å². The number of rotatable bonds is 4. The minimum Gasteiger partial charge on any atom is -0.452 e. The third-order valence-electron chi connectivity index (χ3n) is 3.54. The largest absolute Gasteiger partial charge is 0.452 e. The van der Waals surface area contributed by atoms with Gasteiger partial charge < -0.3 is 15.4 Å². The summed E-state index contributed by atoms with van der Waals surface area (Å²) in [5, 5.41) is 0.268. The number of primary amides is 1. The fraction of sp³-hybridized carbons (Fsp3) is 0.429. The molecular weight excluding hydrogens is 310 g/mol. The lowest BCUT2D eigenvalue weighted by molar-refractivity contribution is -0.137. The molecule has 22 heavy (non-hydrogen) atoms. The Kier molecular flexibility index (Phi) is 5.32. The van der Waals surface area contributed by atoms with Crippen molar-refractivity contribution in [2.24, 2.45) is 11.7 Å². The van der Waals surface area contributed by atoms with E-state index in [0.29, 0.717) is 25.9 Å². The Morgan fingerprint density at radius 1 is 1.32 bits per heavy atom. The number of pyridine rings is 1. The van der Waals surface area contributed by atoms with Crippen LogP contribution in [-0.2, 0) is 14.3 Å². The van der Waals surface area contributed by atoms with Crippen LogP contribution in [0.2, 0.25) is 5.15 Å². The van der Waals surface area contributed by atoms with Gasteiger partial charge in [0.05, 0.1) is 5.56 Å².